The number of nitrogens with two attached hydrogens (primary N) is 1. The Bertz CT molecular complexity index is 46.9. The molecule has 0 aliphatic carbocycles. The van der Waals surface area contributed by atoms with E-state index in [4.69, 9.17) is 16.4 Å². The van der Waals surface area contributed by atoms with Crippen molar-refractivity contribution in [3.05, 3.63) is 0 Å². The minimum absolute atomic E-state index is 0.0432. The molecule has 0 aliphatic rings. The van der Waals surface area contributed by atoms with Crippen LogP contribution in [0.3, 0.4) is 0 Å². The van der Waals surface area contributed by atoms with E-state index < -0.39 is 10.0 Å². The zero-order valence-electron chi connectivity index (χ0n) is 2.48. The lowest BCUT2D eigenvalue weighted by Crippen LogP contribution is -1.99. The molecule has 0 aromatic heterocycles. The summed E-state index contributed by atoms with van der Waals surface area (Å²) in [6.07, 6.45) is 0. The molecular weight excluding hydrogens is 110 g/mol. The molecule has 32 valence electrons. The van der Waals surface area contributed by atoms with Gasteiger partial charge in [0.05, 0.1) is 5.88 Å². The van der Waals surface area contributed by atoms with Gasteiger partial charge in [-0.25, -0.2) is 4.21 Å². The summed E-state index contributed by atoms with van der Waals surface area (Å²) in [6, 6.07) is 0. The fourth-order valence-electron chi connectivity index (χ4n) is 0. The lowest BCUT2D eigenvalue weighted by Gasteiger charge is -1.72. The van der Waals surface area contributed by atoms with Gasteiger partial charge in [-0.2, -0.15) is 0 Å². The maximum absolute atomic E-state index is 9.56. The van der Waals surface area contributed by atoms with Crippen molar-refractivity contribution < 1.29 is 4.21 Å². The SMILES string of the molecule is NCS(=O)Cl. The predicted octanol–water partition coefficient (Wildman–Crippen LogP) is -0.195. The average molecular weight is 114 g/mol. The van der Waals surface area contributed by atoms with Gasteiger partial charge in [0, 0.05) is 0 Å². The third-order valence-electron chi connectivity index (χ3n) is 0.131. The van der Waals surface area contributed by atoms with Crippen LogP contribution in [0.4, 0.5) is 0 Å². The van der Waals surface area contributed by atoms with Gasteiger partial charge in [0.25, 0.3) is 0 Å². The van der Waals surface area contributed by atoms with Crippen molar-refractivity contribution in [3.8, 4) is 0 Å². The Kier molecular flexibility index (Phi) is 2.84. The summed E-state index contributed by atoms with van der Waals surface area (Å²) in [4.78, 5) is 0. The van der Waals surface area contributed by atoms with Crippen molar-refractivity contribution >= 4 is 20.7 Å². The molecule has 4 heteroatoms. The van der Waals surface area contributed by atoms with E-state index in [2.05, 4.69) is 0 Å². The fraction of sp³-hybridized carbons (Fsp3) is 1.00. The Morgan fingerprint density at radius 2 is 2.20 bits per heavy atom. The molecule has 0 rings (SSSR count). The van der Waals surface area contributed by atoms with Crippen LogP contribution in [0.1, 0.15) is 0 Å². The Morgan fingerprint density at radius 1 is 2.00 bits per heavy atom. The van der Waals surface area contributed by atoms with E-state index in [1.807, 2.05) is 0 Å². The Balaban J connectivity index is 2.85. The second-order valence-corrected chi connectivity index (χ2v) is 2.40. The number of hydrogen-bond acceptors (Lipinski definition) is 2. The third kappa shape index (κ3) is 4.40. The molecule has 0 radical (unpaired) electrons. The molecule has 0 fully saturated rings. The highest BCUT2D eigenvalue weighted by Crippen LogP contribution is 1.78. The van der Waals surface area contributed by atoms with E-state index in [0.29, 0.717) is 0 Å². The van der Waals surface area contributed by atoms with Crippen LogP contribution in [0.15, 0.2) is 0 Å². The Hall–Kier alpha value is 0.400. The molecule has 0 saturated heterocycles. The van der Waals surface area contributed by atoms with Crippen LogP contribution in [0, 0.1) is 0 Å². The molecule has 0 amide bonds. The van der Waals surface area contributed by atoms with E-state index in [1.165, 1.54) is 0 Å². The fourth-order valence-corrected chi connectivity index (χ4v) is 0. The Morgan fingerprint density at radius 3 is 2.20 bits per heavy atom. The maximum atomic E-state index is 9.56. The topological polar surface area (TPSA) is 43.1 Å². The van der Waals surface area contributed by atoms with Crippen molar-refractivity contribution in [2.45, 2.75) is 0 Å². The van der Waals surface area contributed by atoms with E-state index in [9.17, 15) is 4.21 Å². The van der Waals surface area contributed by atoms with Crippen LogP contribution in [0.2, 0.25) is 0 Å². The lowest BCUT2D eigenvalue weighted by molar-refractivity contribution is 0.691. The molecule has 1 unspecified atom stereocenters. The van der Waals surface area contributed by atoms with Gasteiger partial charge in [0.2, 0.25) is 0 Å². The molecule has 0 bridgehead atoms. The van der Waals surface area contributed by atoms with E-state index >= 15 is 0 Å². The van der Waals surface area contributed by atoms with Crippen LogP contribution in [0.25, 0.3) is 0 Å². The van der Waals surface area contributed by atoms with Crippen molar-refractivity contribution in [2.75, 3.05) is 5.88 Å². The van der Waals surface area contributed by atoms with Crippen LogP contribution in [0.5, 0.6) is 0 Å². The predicted molar refractivity (Wildman–Crippen MR) is 23.0 cm³/mol. The summed E-state index contributed by atoms with van der Waals surface area (Å²) in [5.74, 6) is 0.0432. The van der Waals surface area contributed by atoms with Crippen molar-refractivity contribution in [1.29, 1.82) is 0 Å². The molecule has 2 nitrogen and oxygen atoms in total. The smallest absolute Gasteiger partial charge is 0.128 e. The number of rotatable bonds is 1. The summed E-state index contributed by atoms with van der Waals surface area (Å²) < 4.78 is 9.56. The highest BCUT2D eigenvalue weighted by atomic mass is 35.7. The number of hydrogen-bond donors (Lipinski definition) is 1. The molecule has 2 N–H and O–H groups in total. The lowest BCUT2D eigenvalue weighted by atomic mass is 11.6. The van der Waals surface area contributed by atoms with Crippen molar-refractivity contribution in [3.63, 3.8) is 0 Å². The van der Waals surface area contributed by atoms with Crippen LogP contribution in [-0.4, -0.2) is 10.1 Å². The molecule has 0 aromatic carbocycles. The van der Waals surface area contributed by atoms with Gasteiger partial charge in [-0.3, -0.25) is 0 Å². The highest BCUT2D eigenvalue weighted by molar-refractivity contribution is 8.08. The van der Waals surface area contributed by atoms with Crippen LogP contribution in [-0.2, 0) is 10.0 Å². The van der Waals surface area contributed by atoms with Gasteiger partial charge < -0.3 is 5.73 Å². The van der Waals surface area contributed by atoms with Gasteiger partial charge in [-0.15, -0.1) is 0 Å². The highest BCUT2D eigenvalue weighted by Gasteiger charge is 1.77. The minimum atomic E-state index is -1.32. The monoisotopic (exact) mass is 113 g/mol. The summed E-state index contributed by atoms with van der Waals surface area (Å²) in [5.41, 5.74) is 4.74. The standard InChI is InChI=1S/CH4ClNOS/c2-5(4)1-3/h1,3H2. The molecule has 0 aromatic rings. The summed E-state index contributed by atoms with van der Waals surface area (Å²) in [7, 11) is 3.49. The van der Waals surface area contributed by atoms with Gasteiger partial charge in [0.15, 0.2) is 0 Å². The zero-order chi connectivity index (χ0) is 4.28. The van der Waals surface area contributed by atoms with Gasteiger partial charge in [0.1, 0.15) is 10.0 Å². The quantitative estimate of drug-likeness (QED) is 0.479. The van der Waals surface area contributed by atoms with Gasteiger partial charge in [-0.05, 0) is 10.7 Å². The summed E-state index contributed by atoms with van der Waals surface area (Å²) in [6.45, 7) is 0. The van der Waals surface area contributed by atoms with E-state index in [0.717, 1.165) is 0 Å². The largest absolute Gasteiger partial charge is 0.319 e. The van der Waals surface area contributed by atoms with E-state index in [-0.39, 0.29) is 5.88 Å². The molecule has 0 saturated carbocycles. The average Bonchev–Trinajstić information content (AvgIpc) is 1.38. The van der Waals surface area contributed by atoms with Crippen LogP contribution < -0.4 is 5.73 Å². The van der Waals surface area contributed by atoms with Crippen molar-refractivity contribution in [2.24, 2.45) is 5.73 Å². The first-order chi connectivity index (χ1) is 2.27. The van der Waals surface area contributed by atoms with E-state index in [1.54, 1.807) is 0 Å². The van der Waals surface area contributed by atoms with Crippen LogP contribution >= 0.6 is 10.7 Å². The first kappa shape index (κ1) is 5.40. The van der Waals surface area contributed by atoms with Gasteiger partial charge in [-0.1, -0.05) is 0 Å². The second-order valence-electron chi connectivity index (χ2n) is 0.457. The first-order valence-electron chi connectivity index (χ1n) is 1.02. The molecule has 1 atom stereocenters. The third-order valence-corrected chi connectivity index (χ3v) is 0.771. The normalized spacial score (nSPS) is 14.8. The molecular formula is CH4ClNOS. The maximum Gasteiger partial charge on any atom is 0.128 e. The van der Waals surface area contributed by atoms with Crippen molar-refractivity contribution in [1.82, 2.24) is 0 Å². The zero-order valence-corrected chi connectivity index (χ0v) is 4.05. The first-order valence-corrected chi connectivity index (χ1v) is 3.16. The molecule has 5 heavy (non-hydrogen) atoms. The summed E-state index contributed by atoms with van der Waals surface area (Å²) in [5, 5.41) is 0. The number of halogens is 1. The minimum Gasteiger partial charge on any atom is -0.319 e. The molecule has 0 spiro atoms. The molecule has 0 aliphatic heterocycles. The Labute approximate surface area is 37.3 Å². The molecule has 0 heterocycles. The summed E-state index contributed by atoms with van der Waals surface area (Å²) >= 11 is 0. The second kappa shape index (κ2) is 2.63. The van der Waals surface area contributed by atoms with Gasteiger partial charge >= 0.3 is 0 Å².